The van der Waals surface area contributed by atoms with E-state index in [-0.39, 0.29) is 16.7 Å². The Hall–Kier alpha value is -1.35. The predicted molar refractivity (Wildman–Crippen MR) is 85.7 cm³/mol. The quantitative estimate of drug-likeness (QED) is 0.860. The summed E-state index contributed by atoms with van der Waals surface area (Å²) in [6.07, 6.45) is 2.08. The first-order chi connectivity index (χ1) is 9.79. The van der Waals surface area contributed by atoms with E-state index in [4.69, 9.17) is 0 Å². The van der Waals surface area contributed by atoms with Gasteiger partial charge in [0.25, 0.3) is 5.91 Å². The number of piperidine rings is 1. The van der Waals surface area contributed by atoms with Crippen molar-refractivity contribution in [1.82, 2.24) is 10.2 Å². The maximum Gasteiger partial charge on any atom is 0.253 e. The van der Waals surface area contributed by atoms with Gasteiger partial charge < -0.3 is 10.2 Å². The van der Waals surface area contributed by atoms with E-state index in [1.807, 2.05) is 20.2 Å². The summed E-state index contributed by atoms with van der Waals surface area (Å²) in [5.74, 6) is 0.119. The summed E-state index contributed by atoms with van der Waals surface area (Å²) in [5.41, 5.74) is 3.87. The minimum Gasteiger partial charge on any atom is -0.345 e. The molecule has 3 rings (SSSR count). The molecule has 0 saturated carbocycles. The van der Waals surface area contributed by atoms with Crippen LogP contribution in [0.5, 0.6) is 0 Å². The van der Waals surface area contributed by atoms with Crippen LogP contribution in [0.25, 0.3) is 0 Å². The summed E-state index contributed by atoms with van der Waals surface area (Å²) >= 11 is 0. The molecular formula is C18H26N2O. The molecule has 2 atom stereocenters. The van der Waals surface area contributed by atoms with Gasteiger partial charge >= 0.3 is 0 Å². The molecule has 1 amide bonds. The normalized spacial score (nSPS) is 29.7. The molecule has 1 fully saturated rings. The highest BCUT2D eigenvalue weighted by Gasteiger charge is 2.53. The molecule has 2 unspecified atom stereocenters. The first-order valence-corrected chi connectivity index (χ1v) is 7.86. The lowest BCUT2D eigenvalue weighted by Gasteiger charge is -2.57. The fourth-order valence-corrected chi connectivity index (χ4v) is 4.24. The average molecular weight is 286 g/mol. The molecule has 1 aromatic rings. The molecule has 114 valence electrons. The van der Waals surface area contributed by atoms with Gasteiger partial charge in [0, 0.05) is 31.1 Å². The van der Waals surface area contributed by atoms with Gasteiger partial charge in [0.15, 0.2) is 0 Å². The van der Waals surface area contributed by atoms with E-state index in [2.05, 4.69) is 38.2 Å². The third-order valence-corrected chi connectivity index (χ3v) is 6.12. The molecule has 1 N–H and O–H groups in total. The Morgan fingerprint density at radius 3 is 2.67 bits per heavy atom. The summed E-state index contributed by atoms with van der Waals surface area (Å²) in [6, 6.07) is 6.72. The number of fused-ring (bicyclic) bond motifs is 4. The summed E-state index contributed by atoms with van der Waals surface area (Å²) in [5, 5.41) is 3.68. The number of benzene rings is 1. The fraction of sp³-hybridized carbons (Fsp3) is 0.611. The van der Waals surface area contributed by atoms with Crippen molar-refractivity contribution < 1.29 is 4.79 Å². The third kappa shape index (κ3) is 1.87. The van der Waals surface area contributed by atoms with Crippen LogP contribution in [0.4, 0.5) is 0 Å². The predicted octanol–water partition coefficient (Wildman–Crippen LogP) is 2.59. The highest BCUT2D eigenvalue weighted by Crippen LogP contribution is 2.54. The molecule has 1 aromatic carbocycles. The first-order valence-electron chi connectivity index (χ1n) is 7.86. The van der Waals surface area contributed by atoms with Crippen molar-refractivity contribution in [2.24, 2.45) is 5.41 Å². The molecule has 1 heterocycles. The Morgan fingerprint density at radius 2 is 2.00 bits per heavy atom. The Morgan fingerprint density at radius 1 is 1.29 bits per heavy atom. The Balaban J connectivity index is 2.20. The summed E-state index contributed by atoms with van der Waals surface area (Å²) in [4.78, 5) is 14.2. The molecule has 2 bridgehead atoms. The monoisotopic (exact) mass is 286 g/mol. The lowest BCUT2D eigenvalue weighted by molar-refractivity contribution is 0.0550. The van der Waals surface area contributed by atoms with E-state index < -0.39 is 0 Å². The maximum atomic E-state index is 12.5. The molecule has 21 heavy (non-hydrogen) atoms. The standard InChI is InChI=1S/C18H26N2O/c1-17(2)15-11-13-12(16(21)20(4)5)7-6-8-14(13)18(17,3)9-10-19-15/h6-8,15,19H,9-11H2,1-5H3. The van der Waals surface area contributed by atoms with E-state index in [1.165, 1.54) is 11.1 Å². The van der Waals surface area contributed by atoms with Crippen LogP contribution in [-0.4, -0.2) is 37.5 Å². The number of hydrogen-bond donors (Lipinski definition) is 1. The van der Waals surface area contributed by atoms with Crippen molar-refractivity contribution in [3.05, 3.63) is 34.9 Å². The molecule has 1 aliphatic carbocycles. The number of rotatable bonds is 1. The van der Waals surface area contributed by atoms with E-state index in [1.54, 1.807) is 4.90 Å². The lowest BCUT2D eigenvalue weighted by Crippen LogP contribution is -2.62. The highest BCUT2D eigenvalue weighted by atomic mass is 16.2. The second-order valence-corrected chi connectivity index (χ2v) is 7.55. The minimum atomic E-state index is 0.119. The van der Waals surface area contributed by atoms with Crippen LogP contribution in [0.3, 0.4) is 0 Å². The number of amides is 1. The van der Waals surface area contributed by atoms with E-state index in [9.17, 15) is 4.79 Å². The second kappa shape index (κ2) is 4.57. The van der Waals surface area contributed by atoms with Crippen molar-refractivity contribution in [1.29, 1.82) is 0 Å². The summed E-state index contributed by atoms with van der Waals surface area (Å²) in [6.45, 7) is 8.18. The van der Waals surface area contributed by atoms with Gasteiger partial charge in [0.2, 0.25) is 0 Å². The van der Waals surface area contributed by atoms with Gasteiger partial charge in [-0.15, -0.1) is 0 Å². The Bertz CT molecular complexity index is 591. The SMILES string of the molecule is CN(C)C(=O)c1cccc2c1CC1NCCC2(C)C1(C)C. The van der Waals surface area contributed by atoms with Gasteiger partial charge in [-0.05, 0) is 42.0 Å². The van der Waals surface area contributed by atoms with Crippen LogP contribution in [0.1, 0.15) is 48.7 Å². The molecule has 1 saturated heterocycles. The van der Waals surface area contributed by atoms with Crippen molar-refractivity contribution in [2.45, 2.75) is 45.1 Å². The number of carbonyl (C=O) groups is 1. The minimum absolute atomic E-state index is 0.119. The second-order valence-electron chi connectivity index (χ2n) is 7.55. The molecule has 0 radical (unpaired) electrons. The van der Waals surface area contributed by atoms with Gasteiger partial charge in [-0.25, -0.2) is 0 Å². The summed E-state index contributed by atoms with van der Waals surface area (Å²) < 4.78 is 0. The van der Waals surface area contributed by atoms with Crippen molar-refractivity contribution in [3.63, 3.8) is 0 Å². The summed E-state index contributed by atoms with van der Waals surface area (Å²) in [7, 11) is 3.66. The topological polar surface area (TPSA) is 32.3 Å². The van der Waals surface area contributed by atoms with Gasteiger partial charge in [0.05, 0.1) is 0 Å². The zero-order valence-corrected chi connectivity index (χ0v) is 13.8. The van der Waals surface area contributed by atoms with E-state index in [0.29, 0.717) is 6.04 Å². The highest BCUT2D eigenvalue weighted by molar-refractivity contribution is 5.96. The fourth-order valence-electron chi connectivity index (χ4n) is 4.24. The lowest BCUT2D eigenvalue weighted by atomic mass is 9.51. The third-order valence-electron chi connectivity index (χ3n) is 6.12. The van der Waals surface area contributed by atoms with Gasteiger partial charge in [0.1, 0.15) is 0 Å². The number of hydrogen-bond acceptors (Lipinski definition) is 2. The molecule has 0 spiro atoms. The van der Waals surface area contributed by atoms with Crippen LogP contribution in [-0.2, 0) is 11.8 Å². The van der Waals surface area contributed by atoms with E-state index >= 15 is 0 Å². The van der Waals surface area contributed by atoms with Crippen molar-refractivity contribution >= 4 is 5.91 Å². The van der Waals surface area contributed by atoms with Crippen LogP contribution in [0, 0.1) is 5.41 Å². The van der Waals surface area contributed by atoms with Crippen LogP contribution < -0.4 is 5.32 Å². The zero-order valence-electron chi connectivity index (χ0n) is 13.8. The van der Waals surface area contributed by atoms with Crippen molar-refractivity contribution in [3.8, 4) is 0 Å². The first kappa shape index (κ1) is 14.6. The molecule has 3 nitrogen and oxygen atoms in total. The van der Waals surface area contributed by atoms with Gasteiger partial charge in [-0.1, -0.05) is 32.9 Å². The van der Waals surface area contributed by atoms with Gasteiger partial charge in [-0.3, -0.25) is 4.79 Å². The number of nitrogens with one attached hydrogen (secondary N) is 1. The Labute approximate surface area is 127 Å². The molecular weight excluding hydrogens is 260 g/mol. The molecule has 2 aliphatic rings. The van der Waals surface area contributed by atoms with Crippen LogP contribution in [0.15, 0.2) is 18.2 Å². The Kier molecular flexibility index (Phi) is 3.17. The van der Waals surface area contributed by atoms with E-state index in [0.717, 1.165) is 24.9 Å². The van der Waals surface area contributed by atoms with Crippen molar-refractivity contribution in [2.75, 3.05) is 20.6 Å². The zero-order chi connectivity index (χ0) is 15.4. The van der Waals surface area contributed by atoms with Crippen LogP contribution >= 0.6 is 0 Å². The maximum absolute atomic E-state index is 12.5. The molecule has 0 aromatic heterocycles. The molecule has 1 aliphatic heterocycles. The van der Waals surface area contributed by atoms with Crippen LogP contribution in [0.2, 0.25) is 0 Å². The molecule has 3 heteroatoms. The average Bonchev–Trinajstić information content (AvgIpc) is 2.41. The smallest absolute Gasteiger partial charge is 0.253 e. The number of carbonyl (C=O) groups excluding carboxylic acids is 1. The van der Waals surface area contributed by atoms with Gasteiger partial charge in [-0.2, -0.15) is 0 Å². The number of nitrogens with zero attached hydrogens (tertiary/aromatic N) is 1. The largest absolute Gasteiger partial charge is 0.345 e.